The van der Waals surface area contributed by atoms with Gasteiger partial charge in [0.25, 0.3) is 0 Å². The number of benzene rings is 1. The van der Waals surface area contributed by atoms with Crippen LogP contribution in [-0.2, 0) is 14.3 Å². The Kier molecular flexibility index (Phi) is 7.24. The number of fused-ring (bicyclic) bond motifs is 1. The molecule has 1 atom stereocenters. The van der Waals surface area contributed by atoms with Crippen LogP contribution in [0.25, 0.3) is 10.2 Å². The molecular weight excluding hydrogens is 421 g/mol. The van der Waals surface area contributed by atoms with Gasteiger partial charge in [-0.2, -0.15) is 0 Å². The molecule has 2 aromatic rings. The molecule has 9 heteroatoms. The molecule has 0 bridgehead atoms. The zero-order valence-electron chi connectivity index (χ0n) is 18.1. The number of thiazole rings is 1. The molecule has 170 valence electrons. The second-order valence-electron chi connectivity index (χ2n) is 8.27. The van der Waals surface area contributed by atoms with E-state index in [1.54, 1.807) is 6.07 Å². The van der Waals surface area contributed by atoms with Gasteiger partial charge in [0.1, 0.15) is 0 Å². The molecule has 1 amide bonds. The number of hydrogen-bond donors (Lipinski definition) is 1. The fraction of sp³-hybridized carbons (Fsp3) is 0.636. The number of rotatable bonds is 7. The summed E-state index contributed by atoms with van der Waals surface area (Å²) in [5, 5.41) is 3.66. The summed E-state index contributed by atoms with van der Waals surface area (Å²) in [5.41, 5.74) is 0.668. The molecule has 1 aromatic carbocycles. The van der Waals surface area contributed by atoms with Crippen LogP contribution in [0.4, 0.5) is 9.52 Å². The first-order valence-electron chi connectivity index (χ1n) is 11.0. The highest BCUT2D eigenvalue weighted by atomic mass is 32.1. The topological polar surface area (TPSA) is 72.9 Å². The van der Waals surface area contributed by atoms with Gasteiger partial charge in [0, 0.05) is 26.1 Å². The lowest BCUT2D eigenvalue weighted by Gasteiger charge is -2.30. The predicted octanol–water partition coefficient (Wildman–Crippen LogP) is 3.50. The minimum absolute atomic E-state index is 0.00550. The van der Waals surface area contributed by atoms with Crippen LogP contribution in [0.1, 0.15) is 39.5 Å². The first-order valence-corrected chi connectivity index (χ1v) is 11.8. The minimum Gasteiger partial charge on any atom is -0.487 e. The molecule has 31 heavy (non-hydrogen) atoms. The van der Waals surface area contributed by atoms with E-state index in [9.17, 15) is 4.79 Å². The average molecular weight is 452 g/mol. The van der Waals surface area contributed by atoms with Crippen LogP contribution in [0.3, 0.4) is 0 Å². The van der Waals surface area contributed by atoms with Crippen LogP contribution in [-0.4, -0.2) is 62.1 Å². The predicted molar refractivity (Wildman–Crippen MR) is 119 cm³/mol. The van der Waals surface area contributed by atoms with E-state index in [1.165, 1.54) is 18.3 Å². The van der Waals surface area contributed by atoms with Crippen molar-refractivity contribution in [3.05, 3.63) is 17.9 Å². The Morgan fingerprint density at radius 2 is 2.00 bits per heavy atom. The summed E-state index contributed by atoms with van der Waals surface area (Å²) in [4.78, 5) is 17.8. The number of hydrogen-bond acceptors (Lipinski definition) is 7. The van der Waals surface area contributed by atoms with E-state index >= 15 is 4.39 Å². The SMILES string of the molecule is CC(=O)N[C@@H](C)COC1CCC(Oc2ccc3nc(N4CCOCC4)sc3c2F)CC1. The van der Waals surface area contributed by atoms with E-state index in [4.69, 9.17) is 14.2 Å². The number of halogens is 1. The molecule has 1 aliphatic carbocycles. The fourth-order valence-electron chi connectivity index (χ4n) is 4.08. The summed E-state index contributed by atoms with van der Waals surface area (Å²) in [5.74, 6) is -0.0736. The molecule has 0 spiro atoms. The van der Waals surface area contributed by atoms with E-state index in [2.05, 4.69) is 15.2 Å². The van der Waals surface area contributed by atoms with Gasteiger partial charge >= 0.3 is 0 Å². The molecule has 1 aromatic heterocycles. The maximum Gasteiger partial charge on any atom is 0.217 e. The Balaban J connectivity index is 1.32. The van der Waals surface area contributed by atoms with Crippen molar-refractivity contribution in [2.75, 3.05) is 37.8 Å². The van der Waals surface area contributed by atoms with Crippen molar-refractivity contribution in [1.82, 2.24) is 10.3 Å². The number of anilines is 1. The maximum atomic E-state index is 15.1. The van der Waals surface area contributed by atoms with Gasteiger partial charge in [-0.3, -0.25) is 4.79 Å². The smallest absolute Gasteiger partial charge is 0.217 e. The third-order valence-electron chi connectivity index (χ3n) is 5.68. The van der Waals surface area contributed by atoms with Crippen LogP contribution in [0.2, 0.25) is 0 Å². The lowest BCUT2D eigenvalue weighted by molar-refractivity contribution is -0.120. The van der Waals surface area contributed by atoms with Gasteiger partial charge in [-0.25, -0.2) is 9.37 Å². The normalized spacial score (nSPS) is 23.0. The van der Waals surface area contributed by atoms with Gasteiger partial charge in [-0.1, -0.05) is 11.3 Å². The Hall–Kier alpha value is -1.97. The second kappa shape index (κ2) is 10.1. The highest BCUT2D eigenvalue weighted by Gasteiger charge is 2.25. The average Bonchev–Trinajstić information content (AvgIpc) is 3.21. The number of aromatic nitrogens is 1. The van der Waals surface area contributed by atoms with Gasteiger partial charge < -0.3 is 24.4 Å². The number of ether oxygens (including phenoxy) is 3. The zero-order chi connectivity index (χ0) is 21.8. The summed E-state index contributed by atoms with van der Waals surface area (Å²) in [6.07, 6.45) is 3.50. The molecule has 1 saturated heterocycles. The van der Waals surface area contributed by atoms with Crippen LogP contribution in [0.5, 0.6) is 5.75 Å². The molecule has 2 fully saturated rings. The van der Waals surface area contributed by atoms with E-state index in [-0.39, 0.29) is 30.0 Å². The largest absolute Gasteiger partial charge is 0.487 e. The number of morpholine rings is 1. The monoisotopic (exact) mass is 451 g/mol. The van der Waals surface area contributed by atoms with Crippen LogP contribution in [0, 0.1) is 5.82 Å². The number of nitrogens with zero attached hydrogens (tertiary/aromatic N) is 2. The number of amides is 1. The summed E-state index contributed by atoms with van der Waals surface area (Å²) < 4.78 is 33.0. The van der Waals surface area contributed by atoms with Crippen molar-refractivity contribution < 1.29 is 23.4 Å². The summed E-state index contributed by atoms with van der Waals surface area (Å²) in [6.45, 7) is 6.83. The summed E-state index contributed by atoms with van der Waals surface area (Å²) in [7, 11) is 0. The van der Waals surface area contributed by atoms with E-state index < -0.39 is 0 Å². The van der Waals surface area contributed by atoms with Crippen molar-refractivity contribution >= 4 is 32.6 Å². The van der Waals surface area contributed by atoms with Gasteiger partial charge in [0.05, 0.1) is 42.2 Å². The molecule has 1 N–H and O–H groups in total. The number of carbonyl (C=O) groups excluding carboxylic acids is 1. The van der Waals surface area contributed by atoms with Gasteiger partial charge in [0.15, 0.2) is 16.7 Å². The van der Waals surface area contributed by atoms with Gasteiger partial charge in [-0.15, -0.1) is 0 Å². The Morgan fingerprint density at radius 1 is 1.29 bits per heavy atom. The van der Waals surface area contributed by atoms with E-state index in [0.717, 1.165) is 43.9 Å². The molecule has 4 rings (SSSR count). The quantitative estimate of drug-likeness (QED) is 0.695. The fourth-order valence-corrected chi connectivity index (χ4v) is 5.12. The molecular formula is C22H30FN3O4S. The van der Waals surface area contributed by atoms with Crippen molar-refractivity contribution in [3.63, 3.8) is 0 Å². The molecule has 2 heterocycles. The third kappa shape index (κ3) is 5.64. The van der Waals surface area contributed by atoms with Crippen LogP contribution < -0.4 is 15.0 Å². The summed E-state index contributed by atoms with van der Waals surface area (Å²) in [6, 6.07) is 3.53. The molecule has 0 unspecified atom stereocenters. The van der Waals surface area contributed by atoms with Crippen LogP contribution >= 0.6 is 11.3 Å². The number of carbonyl (C=O) groups is 1. The Morgan fingerprint density at radius 3 is 2.71 bits per heavy atom. The standard InChI is InChI=1S/C22H30FN3O4S/c1-14(24-15(2)27)13-29-16-3-5-17(6-4-16)30-19-8-7-18-21(20(19)23)31-22(25-18)26-9-11-28-12-10-26/h7-8,14,16-17H,3-6,9-13H2,1-2H3,(H,24,27)/t14-,16?,17?/m0/s1. The van der Waals surface area contributed by atoms with Gasteiger partial charge in [0.2, 0.25) is 5.91 Å². The Labute approximate surface area is 185 Å². The molecule has 2 aliphatic rings. The van der Waals surface area contributed by atoms with E-state index in [1.807, 2.05) is 13.0 Å². The highest BCUT2D eigenvalue weighted by Crippen LogP contribution is 2.36. The van der Waals surface area contributed by atoms with Crippen LogP contribution in [0.15, 0.2) is 12.1 Å². The zero-order valence-corrected chi connectivity index (χ0v) is 18.9. The minimum atomic E-state index is -0.322. The van der Waals surface area contributed by atoms with Gasteiger partial charge in [-0.05, 0) is 44.7 Å². The lowest BCUT2D eigenvalue weighted by Crippen LogP contribution is -2.36. The highest BCUT2D eigenvalue weighted by molar-refractivity contribution is 7.22. The van der Waals surface area contributed by atoms with Crippen molar-refractivity contribution in [3.8, 4) is 5.75 Å². The Bertz CT molecular complexity index is 894. The second-order valence-corrected chi connectivity index (χ2v) is 9.25. The van der Waals surface area contributed by atoms with Crippen molar-refractivity contribution in [2.45, 2.75) is 57.8 Å². The van der Waals surface area contributed by atoms with Crippen molar-refractivity contribution in [2.24, 2.45) is 0 Å². The van der Waals surface area contributed by atoms with Crippen molar-refractivity contribution in [1.29, 1.82) is 0 Å². The molecule has 0 radical (unpaired) electrons. The molecule has 7 nitrogen and oxygen atoms in total. The lowest BCUT2D eigenvalue weighted by atomic mass is 9.95. The van der Waals surface area contributed by atoms with E-state index in [0.29, 0.717) is 35.8 Å². The first kappa shape index (κ1) is 22.2. The number of nitrogens with one attached hydrogen (secondary N) is 1. The first-order chi connectivity index (χ1) is 15.0. The molecule has 1 saturated carbocycles. The molecule has 1 aliphatic heterocycles. The third-order valence-corrected chi connectivity index (χ3v) is 6.80. The summed E-state index contributed by atoms with van der Waals surface area (Å²) >= 11 is 1.37. The maximum absolute atomic E-state index is 15.1.